The Bertz CT molecular complexity index is 364. The number of nitrogens with zero attached hydrogens (tertiary/aromatic N) is 1. The lowest BCUT2D eigenvalue weighted by Gasteiger charge is -2.37. The summed E-state index contributed by atoms with van der Waals surface area (Å²) >= 11 is 0. The predicted octanol–water partition coefficient (Wildman–Crippen LogP) is 2.00. The van der Waals surface area contributed by atoms with Crippen LogP contribution in [-0.4, -0.2) is 37.2 Å². The van der Waals surface area contributed by atoms with Crippen LogP contribution in [0.2, 0.25) is 0 Å². The van der Waals surface area contributed by atoms with Crippen molar-refractivity contribution in [3.05, 3.63) is 23.7 Å². The van der Waals surface area contributed by atoms with E-state index in [0.29, 0.717) is 12.1 Å². The Morgan fingerprint density at radius 2 is 2.33 bits per heavy atom. The normalized spacial score (nSPS) is 25.5. The molecule has 2 heterocycles. The van der Waals surface area contributed by atoms with Gasteiger partial charge in [-0.15, -0.1) is 0 Å². The van der Waals surface area contributed by atoms with Gasteiger partial charge in [-0.3, -0.25) is 4.90 Å². The predicted molar refractivity (Wildman–Crippen MR) is 71.4 cm³/mol. The molecule has 1 aromatic heterocycles. The van der Waals surface area contributed by atoms with Crippen LogP contribution in [0.25, 0.3) is 0 Å². The van der Waals surface area contributed by atoms with Crippen molar-refractivity contribution in [3.63, 3.8) is 0 Å². The van der Waals surface area contributed by atoms with E-state index >= 15 is 0 Å². The molecule has 4 nitrogen and oxygen atoms in total. The van der Waals surface area contributed by atoms with Gasteiger partial charge in [-0.2, -0.15) is 0 Å². The fourth-order valence-electron chi connectivity index (χ4n) is 2.49. The molecule has 1 aliphatic rings. The van der Waals surface area contributed by atoms with E-state index in [1.54, 1.807) is 0 Å². The Balaban J connectivity index is 1.96. The van der Waals surface area contributed by atoms with Crippen LogP contribution in [0.4, 0.5) is 0 Å². The summed E-state index contributed by atoms with van der Waals surface area (Å²) < 4.78 is 11.3. The Hall–Kier alpha value is -0.840. The Labute approximate surface area is 109 Å². The highest BCUT2D eigenvalue weighted by molar-refractivity contribution is 5.12. The summed E-state index contributed by atoms with van der Waals surface area (Å²) in [4.78, 5) is 2.47. The van der Waals surface area contributed by atoms with E-state index < -0.39 is 0 Å². The lowest BCUT2D eigenvalue weighted by molar-refractivity contribution is -0.0610. The first-order chi connectivity index (χ1) is 8.72. The highest BCUT2D eigenvalue weighted by Gasteiger charge is 2.26. The van der Waals surface area contributed by atoms with Crippen molar-refractivity contribution in [1.29, 1.82) is 0 Å². The van der Waals surface area contributed by atoms with Gasteiger partial charge in [0.05, 0.1) is 25.5 Å². The zero-order valence-electron chi connectivity index (χ0n) is 11.6. The zero-order valence-corrected chi connectivity index (χ0v) is 11.6. The number of furan rings is 1. The molecule has 1 aliphatic heterocycles. The van der Waals surface area contributed by atoms with E-state index in [2.05, 4.69) is 30.1 Å². The smallest absolute Gasteiger partial charge is 0.118 e. The number of rotatable bonds is 5. The molecule has 2 rings (SSSR count). The van der Waals surface area contributed by atoms with E-state index in [-0.39, 0.29) is 0 Å². The van der Waals surface area contributed by atoms with E-state index in [0.717, 1.165) is 38.4 Å². The van der Waals surface area contributed by atoms with Crippen LogP contribution in [0.5, 0.6) is 0 Å². The van der Waals surface area contributed by atoms with Gasteiger partial charge < -0.3 is 14.5 Å². The monoisotopic (exact) mass is 252 g/mol. The molecular weight excluding hydrogens is 228 g/mol. The van der Waals surface area contributed by atoms with Gasteiger partial charge in [0, 0.05) is 24.7 Å². The molecule has 0 radical (unpaired) electrons. The number of hydrogen-bond acceptors (Lipinski definition) is 4. The molecule has 0 saturated carbocycles. The zero-order chi connectivity index (χ0) is 13.0. The number of ether oxygens (including phenoxy) is 1. The van der Waals surface area contributed by atoms with Gasteiger partial charge in [-0.1, -0.05) is 6.92 Å². The molecule has 0 aliphatic carbocycles. The number of nitrogens with one attached hydrogen (secondary N) is 1. The first-order valence-corrected chi connectivity index (χ1v) is 6.79. The molecule has 102 valence electrons. The van der Waals surface area contributed by atoms with Crippen molar-refractivity contribution in [2.75, 3.05) is 20.2 Å². The third-order valence-corrected chi connectivity index (χ3v) is 3.50. The van der Waals surface area contributed by atoms with Crippen molar-refractivity contribution in [3.8, 4) is 0 Å². The van der Waals surface area contributed by atoms with Crippen molar-refractivity contribution < 1.29 is 9.15 Å². The third-order valence-electron chi connectivity index (χ3n) is 3.50. The van der Waals surface area contributed by atoms with Crippen LogP contribution in [0.1, 0.15) is 31.6 Å². The second kappa shape index (κ2) is 6.36. The SMILES string of the molecule is CCC1COC(C)CN1Cc1cc(CNC)co1. The fraction of sp³-hybridized carbons (Fsp3) is 0.714. The molecule has 2 atom stereocenters. The van der Waals surface area contributed by atoms with Crippen LogP contribution < -0.4 is 5.32 Å². The van der Waals surface area contributed by atoms with E-state index in [4.69, 9.17) is 9.15 Å². The Kier molecular flexibility index (Phi) is 4.80. The maximum absolute atomic E-state index is 5.71. The highest BCUT2D eigenvalue weighted by atomic mass is 16.5. The van der Waals surface area contributed by atoms with E-state index in [9.17, 15) is 0 Å². The summed E-state index contributed by atoms with van der Waals surface area (Å²) in [6.45, 7) is 7.91. The van der Waals surface area contributed by atoms with Crippen molar-refractivity contribution >= 4 is 0 Å². The first-order valence-electron chi connectivity index (χ1n) is 6.79. The molecule has 18 heavy (non-hydrogen) atoms. The average Bonchev–Trinajstić information content (AvgIpc) is 2.77. The lowest BCUT2D eigenvalue weighted by Crippen LogP contribution is -2.47. The second-order valence-corrected chi connectivity index (χ2v) is 5.09. The molecule has 0 bridgehead atoms. The minimum Gasteiger partial charge on any atom is -0.468 e. The van der Waals surface area contributed by atoms with Crippen molar-refractivity contribution in [2.24, 2.45) is 0 Å². The molecular formula is C14H24N2O2. The summed E-state index contributed by atoms with van der Waals surface area (Å²) in [5.74, 6) is 1.05. The maximum Gasteiger partial charge on any atom is 0.118 e. The van der Waals surface area contributed by atoms with Crippen LogP contribution in [0, 0.1) is 0 Å². The van der Waals surface area contributed by atoms with E-state index in [1.807, 2.05) is 13.3 Å². The van der Waals surface area contributed by atoms with Crippen LogP contribution >= 0.6 is 0 Å². The second-order valence-electron chi connectivity index (χ2n) is 5.09. The molecule has 1 aromatic rings. The van der Waals surface area contributed by atoms with Crippen LogP contribution in [0.3, 0.4) is 0 Å². The third kappa shape index (κ3) is 3.34. The lowest BCUT2D eigenvalue weighted by atomic mass is 10.1. The standard InChI is InChI=1S/C14H24N2O2/c1-4-13-10-17-11(2)7-16(13)8-14-5-12(6-15-3)9-18-14/h5,9,11,13,15H,4,6-8,10H2,1-3H3. The molecule has 1 N–H and O–H groups in total. The van der Waals surface area contributed by atoms with Crippen molar-refractivity contribution in [1.82, 2.24) is 10.2 Å². The van der Waals surface area contributed by atoms with Gasteiger partial charge in [-0.25, -0.2) is 0 Å². The highest BCUT2D eigenvalue weighted by Crippen LogP contribution is 2.19. The van der Waals surface area contributed by atoms with Gasteiger partial charge in [0.2, 0.25) is 0 Å². The van der Waals surface area contributed by atoms with Gasteiger partial charge >= 0.3 is 0 Å². The minimum atomic E-state index is 0.319. The van der Waals surface area contributed by atoms with E-state index in [1.165, 1.54) is 5.56 Å². The molecule has 0 amide bonds. The van der Waals surface area contributed by atoms with Gasteiger partial charge in [0.15, 0.2) is 0 Å². The Morgan fingerprint density at radius 1 is 1.50 bits per heavy atom. The van der Waals surface area contributed by atoms with Gasteiger partial charge in [0.1, 0.15) is 5.76 Å². The molecule has 0 spiro atoms. The summed E-state index contributed by atoms with van der Waals surface area (Å²) in [6, 6.07) is 2.66. The largest absolute Gasteiger partial charge is 0.468 e. The summed E-state index contributed by atoms with van der Waals surface area (Å²) in [5.41, 5.74) is 1.21. The number of morpholine rings is 1. The van der Waals surface area contributed by atoms with Gasteiger partial charge in [-0.05, 0) is 26.5 Å². The van der Waals surface area contributed by atoms with Gasteiger partial charge in [0.25, 0.3) is 0 Å². The van der Waals surface area contributed by atoms with Crippen LogP contribution in [0.15, 0.2) is 16.7 Å². The summed E-state index contributed by atoms with van der Waals surface area (Å²) in [5, 5.41) is 3.13. The molecule has 0 aromatic carbocycles. The quantitative estimate of drug-likeness (QED) is 0.870. The fourth-order valence-corrected chi connectivity index (χ4v) is 2.49. The average molecular weight is 252 g/mol. The molecule has 1 fully saturated rings. The number of hydrogen-bond donors (Lipinski definition) is 1. The first kappa shape index (κ1) is 13.6. The van der Waals surface area contributed by atoms with Crippen molar-refractivity contribution in [2.45, 2.75) is 45.5 Å². The molecule has 2 unspecified atom stereocenters. The molecule has 1 saturated heterocycles. The Morgan fingerprint density at radius 3 is 3.06 bits per heavy atom. The summed E-state index contributed by atoms with van der Waals surface area (Å²) in [6.07, 6.45) is 3.28. The topological polar surface area (TPSA) is 37.6 Å². The summed E-state index contributed by atoms with van der Waals surface area (Å²) in [7, 11) is 1.95. The molecule has 4 heteroatoms. The maximum atomic E-state index is 5.71. The van der Waals surface area contributed by atoms with Crippen LogP contribution in [-0.2, 0) is 17.8 Å². The minimum absolute atomic E-state index is 0.319.